The predicted octanol–water partition coefficient (Wildman–Crippen LogP) is 1.27. The summed E-state index contributed by atoms with van der Waals surface area (Å²) in [6.45, 7) is 0.775. The first kappa shape index (κ1) is 12.4. The van der Waals surface area contributed by atoms with Gasteiger partial charge in [-0.15, -0.1) is 0 Å². The van der Waals surface area contributed by atoms with Crippen LogP contribution in [-0.4, -0.2) is 32.9 Å². The maximum Gasteiger partial charge on any atom is 0.177 e. The number of hydrogen-bond donors (Lipinski definition) is 2. The van der Waals surface area contributed by atoms with Crippen LogP contribution >= 0.6 is 0 Å². The minimum absolute atomic E-state index is 0.0371. The quantitative estimate of drug-likeness (QED) is 0.831. The SMILES string of the molecule is CS(=O)(=O)c1ccccc1NCC1(CO)CC1. The summed E-state index contributed by atoms with van der Waals surface area (Å²) in [7, 11) is -3.21. The second-order valence-electron chi connectivity index (χ2n) is 4.78. The van der Waals surface area contributed by atoms with Gasteiger partial charge >= 0.3 is 0 Å². The van der Waals surface area contributed by atoms with Gasteiger partial charge in [-0.2, -0.15) is 0 Å². The van der Waals surface area contributed by atoms with Crippen LogP contribution in [0.25, 0.3) is 0 Å². The fourth-order valence-corrected chi connectivity index (χ4v) is 2.65. The van der Waals surface area contributed by atoms with Gasteiger partial charge in [0, 0.05) is 18.2 Å². The van der Waals surface area contributed by atoms with Crippen LogP contribution in [0.2, 0.25) is 0 Å². The topological polar surface area (TPSA) is 66.4 Å². The Bertz CT molecular complexity index is 506. The van der Waals surface area contributed by atoms with Gasteiger partial charge in [0.25, 0.3) is 0 Å². The van der Waals surface area contributed by atoms with Crippen molar-refractivity contribution in [1.29, 1.82) is 0 Å². The van der Waals surface area contributed by atoms with Crippen LogP contribution in [0.1, 0.15) is 12.8 Å². The number of rotatable bonds is 5. The zero-order chi connectivity index (χ0) is 12.5. The van der Waals surface area contributed by atoms with Crippen molar-refractivity contribution in [1.82, 2.24) is 0 Å². The number of aliphatic hydroxyl groups excluding tert-OH is 1. The van der Waals surface area contributed by atoms with Gasteiger partial charge in [0.2, 0.25) is 0 Å². The monoisotopic (exact) mass is 255 g/mol. The van der Waals surface area contributed by atoms with Crippen molar-refractivity contribution in [2.24, 2.45) is 5.41 Å². The van der Waals surface area contributed by atoms with E-state index in [0.717, 1.165) is 12.8 Å². The molecule has 2 N–H and O–H groups in total. The zero-order valence-corrected chi connectivity index (χ0v) is 10.6. The molecule has 0 atom stereocenters. The Labute approximate surface area is 102 Å². The largest absolute Gasteiger partial charge is 0.396 e. The summed E-state index contributed by atoms with van der Waals surface area (Å²) >= 11 is 0. The molecular formula is C12H17NO3S. The van der Waals surface area contributed by atoms with E-state index in [1.807, 2.05) is 0 Å². The van der Waals surface area contributed by atoms with E-state index in [9.17, 15) is 13.5 Å². The number of anilines is 1. The summed E-state index contributed by atoms with van der Waals surface area (Å²) in [5, 5.41) is 12.3. The Morgan fingerprint density at radius 2 is 2.00 bits per heavy atom. The normalized spacial score (nSPS) is 17.8. The number of hydrogen-bond acceptors (Lipinski definition) is 4. The molecule has 1 saturated carbocycles. The van der Waals surface area contributed by atoms with Crippen LogP contribution < -0.4 is 5.32 Å². The average Bonchev–Trinajstić information content (AvgIpc) is 3.06. The lowest BCUT2D eigenvalue weighted by Gasteiger charge is -2.15. The second-order valence-corrected chi connectivity index (χ2v) is 6.76. The maximum atomic E-state index is 11.6. The summed E-state index contributed by atoms with van der Waals surface area (Å²) in [4.78, 5) is 0.314. The molecule has 2 rings (SSSR count). The molecule has 0 amide bonds. The first-order chi connectivity index (χ1) is 7.97. The standard InChI is InChI=1S/C12H17NO3S/c1-17(15,16)11-5-3-2-4-10(11)13-8-12(9-14)6-7-12/h2-5,13-14H,6-9H2,1H3. The molecule has 4 nitrogen and oxygen atoms in total. The number of para-hydroxylation sites is 1. The molecule has 5 heteroatoms. The summed E-state index contributed by atoms with van der Waals surface area (Å²) < 4.78 is 23.1. The van der Waals surface area contributed by atoms with E-state index in [0.29, 0.717) is 17.1 Å². The van der Waals surface area contributed by atoms with E-state index >= 15 is 0 Å². The van der Waals surface area contributed by atoms with E-state index in [2.05, 4.69) is 5.32 Å². The van der Waals surface area contributed by atoms with Crippen LogP contribution in [0, 0.1) is 5.41 Å². The minimum atomic E-state index is -3.21. The minimum Gasteiger partial charge on any atom is -0.396 e. The summed E-state index contributed by atoms with van der Waals surface area (Å²) in [6.07, 6.45) is 3.20. The highest BCUT2D eigenvalue weighted by molar-refractivity contribution is 7.90. The summed E-state index contributed by atoms with van der Waals surface area (Å²) in [5.41, 5.74) is 0.583. The van der Waals surface area contributed by atoms with Crippen molar-refractivity contribution in [2.75, 3.05) is 24.7 Å². The molecule has 1 aliphatic carbocycles. The van der Waals surface area contributed by atoms with Gasteiger partial charge in [0.05, 0.1) is 17.2 Å². The van der Waals surface area contributed by atoms with Crippen molar-refractivity contribution >= 4 is 15.5 Å². The lowest BCUT2D eigenvalue weighted by atomic mass is 10.1. The molecule has 0 aromatic heterocycles. The van der Waals surface area contributed by atoms with Gasteiger partial charge < -0.3 is 10.4 Å². The van der Waals surface area contributed by atoms with Crippen LogP contribution in [-0.2, 0) is 9.84 Å². The van der Waals surface area contributed by atoms with Gasteiger partial charge in [-0.25, -0.2) is 8.42 Å². The Hall–Kier alpha value is -1.07. The molecule has 94 valence electrons. The van der Waals surface area contributed by atoms with Crippen LogP contribution in [0.15, 0.2) is 29.2 Å². The fourth-order valence-electron chi connectivity index (χ4n) is 1.79. The first-order valence-corrected chi connectivity index (χ1v) is 7.50. The molecule has 0 radical (unpaired) electrons. The van der Waals surface area contributed by atoms with Crippen molar-refractivity contribution < 1.29 is 13.5 Å². The van der Waals surface area contributed by atoms with Crippen LogP contribution in [0.4, 0.5) is 5.69 Å². The van der Waals surface area contributed by atoms with E-state index in [4.69, 9.17) is 0 Å². The van der Waals surface area contributed by atoms with Crippen molar-refractivity contribution in [3.05, 3.63) is 24.3 Å². The third-order valence-electron chi connectivity index (χ3n) is 3.23. The van der Waals surface area contributed by atoms with Crippen molar-refractivity contribution in [3.63, 3.8) is 0 Å². The van der Waals surface area contributed by atoms with Crippen LogP contribution in [0.3, 0.4) is 0 Å². The number of aliphatic hydroxyl groups is 1. The lowest BCUT2D eigenvalue weighted by molar-refractivity contribution is 0.219. The average molecular weight is 255 g/mol. The molecule has 0 unspecified atom stereocenters. The van der Waals surface area contributed by atoms with Crippen molar-refractivity contribution in [3.8, 4) is 0 Å². The molecule has 1 aromatic carbocycles. The third-order valence-corrected chi connectivity index (χ3v) is 4.39. The highest BCUT2D eigenvalue weighted by atomic mass is 32.2. The first-order valence-electron chi connectivity index (χ1n) is 5.61. The Morgan fingerprint density at radius 3 is 2.53 bits per heavy atom. The lowest BCUT2D eigenvalue weighted by Crippen LogP contribution is -2.20. The van der Waals surface area contributed by atoms with Gasteiger partial charge in [0.15, 0.2) is 9.84 Å². The van der Waals surface area contributed by atoms with E-state index in [-0.39, 0.29) is 12.0 Å². The summed E-state index contributed by atoms with van der Waals surface area (Å²) in [5.74, 6) is 0. The van der Waals surface area contributed by atoms with Crippen molar-refractivity contribution in [2.45, 2.75) is 17.7 Å². The summed E-state index contributed by atoms with van der Waals surface area (Å²) in [6, 6.07) is 6.86. The highest BCUT2D eigenvalue weighted by Gasteiger charge is 2.41. The molecule has 0 aliphatic heterocycles. The van der Waals surface area contributed by atoms with Gasteiger partial charge in [-0.05, 0) is 25.0 Å². The van der Waals surface area contributed by atoms with Gasteiger partial charge in [-0.3, -0.25) is 0 Å². The number of nitrogens with one attached hydrogen (secondary N) is 1. The molecule has 0 saturated heterocycles. The Morgan fingerprint density at radius 1 is 1.35 bits per heavy atom. The smallest absolute Gasteiger partial charge is 0.177 e. The Balaban J connectivity index is 2.16. The van der Waals surface area contributed by atoms with Gasteiger partial charge in [0.1, 0.15) is 0 Å². The van der Waals surface area contributed by atoms with Gasteiger partial charge in [-0.1, -0.05) is 12.1 Å². The molecule has 0 heterocycles. The molecule has 1 fully saturated rings. The van der Waals surface area contributed by atoms with E-state index in [1.165, 1.54) is 6.26 Å². The molecule has 1 aliphatic rings. The highest BCUT2D eigenvalue weighted by Crippen LogP contribution is 2.45. The van der Waals surface area contributed by atoms with E-state index < -0.39 is 9.84 Å². The number of sulfone groups is 1. The molecule has 0 spiro atoms. The molecule has 0 bridgehead atoms. The maximum absolute atomic E-state index is 11.6. The predicted molar refractivity (Wildman–Crippen MR) is 66.8 cm³/mol. The second kappa shape index (κ2) is 4.31. The fraction of sp³-hybridized carbons (Fsp3) is 0.500. The van der Waals surface area contributed by atoms with Crippen LogP contribution in [0.5, 0.6) is 0 Å². The molecule has 1 aromatic rings. The molecular weight excluding hydrogens is 238 g/mol. The Kier molecular flexibility index (Phi) is 3.14. The number of benzene rings is 1. The van der Waals surface area contributed by atoms with E-state index in [1.54, 1.807) is 24.3 Å². The third kappa shape index (κ3) is 2.79. The molecule has 17 heavy (non-hydrogen) atoms. The zero-order valence-electron chi connectivity index (χ0n) is 9.81.